The summed E-state index contributed by atoms with van der Waals surface area (Å²) < 4.78 is 53.9. The molecule has 0 aliphatic heterocycles. The van der Waals surface area contributed by atoms with Crippen LogP contribution in [0.15, 0.2) is 82.2 Å². The van der Waals surface area contributed by atoms with Crippen molar-refractivity contribution >= 4 is 58.9 Å². The molecule has 0 saturated heterocycles. The van der Waals surface area contributed by atoms with Crippen molar-refractivity contribution in [3.05, 3.63) is 82.8 Å². The van der Waals surface area contributed by atoms with Gasteiger partial charge in [-0.2, -0.15) is 0 Å². The van der Waals surface area contributed by atoms with Crippen LogP contribution in [0.25, 0.3) is 0 Å². The first-order chi connectivity index (χ1) is 15.4. The van der Waals surface area contributed by atoms with E-state index in [-0.39, 0.29) is 4.90 Å². The van der Waals surface area contributed by atoms with Gasteiger partial charge in [0.1, 0.15) is 6.54 Å². The van der Waals surface area contributed by atoms with E-state index in [0.29, 0.717) is 17.1 Å². The fraction of sp³-hybridized carbons (Fsp3) is 0.136. The zero-order chi connectivity index (χ0) is 24.2. The molecule has 3 aromatic rings. The topological polar surface area (TPSA) is 113 Å². The number of aryl methyl sites for hydroxylation is 1. The number of nitrogens with zero attached hydrogens (tertiary/aromatic N) is 1. The van der Waals surface area contributed by atoms with Crippen molar-refractivity contribution in [1.29, 1.82) is 0 Å². The molecule has 3 aromatic carbocycles. The molecule has 3 rings (SSSR count). The molecule has 0 unspecified atom stereocenters. The van der Waals surface area contributed by atoms with Gasteiger partial charge in [-0.1, -0.05) is 28.1 Å². The summed E-state index contributed by atoms with van der Waals surface area (Å²) in [5, 5.41) is 2.59. The van der Waals surface area contributed by atoms with E-state index in [0.717, 1.165) is 20.6 Å². The van der Waals surface area contributed by atoms with Crippen LogP contribution in [-0.2, 0) is 24.8 Å². The van der Waals surface area contributed by atoms with Crippen LogP contribution in [0.4, 0.5) is 17.1 Å². The predicted octanol–water partition coefficient (Wildman–Crippen LogP) is 3.96. The Morgan fingerprint density at radius 1 is 0.909 bits per heavy atom. The summed E-state index contributed by atoms with van der Waals surface area (Å²) in [4.78, 5) is 12.5. The van der Waals surface area contributed by atoms with Crippen molar-refractivity contribution < 1.29 is 21.6 Å². The first-order valence-electron chi connectivity index (χ1n) is 9.67. The van der Waals surface area contributed by atoms with Crippen molar-refractivity contribution in [1.82, 2.24) is 0 Å². The number of carbonyl (C=O) groups excluding carboxylic acids is 1. The lowest BCUT2D eigenvalue weighted by atomic mass is 10.2. The van der Waals surface area contributed by atoms with Crippen molar-refractivity contribution in [2.75, 3.05) is 27.1 Å². The lowest BCUT2D eigenvalue weighted by Gasteiger charge is -2.22. The van der Waals surface area contributed by atoms with Crippen LogP contribution < -0.4 is 14.3 Å². The van der Waals surface area contributed by atoms with E-state index in [4.69, 9.17) is 0 Å². The summed E-state index contributed by atoms with van der Waals surface area (Å²) in [7, 11) is -7.51. The van der Waals surface area contributed by atoms with Gasteiger partial charge in [-0.3, -0.25) is 13.8 Å². The first-order valence-corrected chi connectivity index (χ1v) is 13.8. The number of carbonyl (C=O) groups is 1. The molecular formula is C22H22BrN3O5S2. The molecule has 2 N–H and O–H groups in total. The molecule has 0 aliphatic carbocycles. The van der Waals surface area contributed by atoms with Crippen LogP contribution in [0.2, 0.25) is 0 Å². The van der Waals surface area contributed by atoms with E-state index in [9.17, 15) is 21.6 Å². The normalized spacial score (nSPS) is 11.6. The molecule has 8 nitrogen and oxygen atoms in total. The van der Waals surface area contributed by atoms with Crippen LogP contribution in [0.5, 0.6) is 0 Å². The Labute approximate surface area is 201 Å². The fourth-order valence-corrected chi connectivity index (χ4v) is 5.15. The van der Waals surface area contributed by atoms with Crippen molar-refractivity contribution in [3.63, 3.8) is 0 Å². The van der Waals surface area contributed by atoms with E-state index < -0.39 is 32.5 Å². The van der Waals surface area contributed by atoms with E-state index in [1.807, 2.05) is 13.0 Å². The maximum absolute atomic E-state index is 12.6. The zero-order valence-electron chi connectivity index (χ0n) is 17.8. The highest BCUT2D eigenvalue weighted by atomic mass is 79.9. The Morgan fingerprint density at radius 2 is 1.55 bits per heavy atom. The van der Waals surface area contributed by atoms with Gasteiger partial charge in [0.25, 0.3) is 10.0 Å². The summed E-state index contributed by atoms with van der Waals surface area (Å²) in [5.41, 5.74) is 2.04. The van der Waals surface area contributed by atoms with E-state index in [1.165, 1.54) is 24.3 Å². The van der Waals surface area contributed by atoms with Gasteiger partial charge < -0.3 is 5.32 Å². The molecule has 0 atom stereocenters. The Bertz CT molecular complexity index is 1360. The molecule has 0 radical (unpaired) electrons. The summed E-state index contributed by atoms with van der Waals surface area (Å²) >= 11 is 3.29. The Hall–Kier alpha value is -2.89. The van der Waals surface area contributed by atoms with Gasteiger partial charge in [-0.05, 0) is 73.2 Å². The minimum absolute atomic E-state index is 0.0228. The first kappa shape index (κ1) is 24.7. The van der Waals surface area contributed by atoms with Crippen molar-refractivity contribution in [2.24, 2.45) is 0 Å². The molecule has 0 fully saturated rings. The van der Waals surface area contributed by atoms with E-state index in [1.54, 1.807) is 42.5 Å². The number of rotatable bonds is 8. The van der Waals surface area contributed by atoms with Crippen LogP contribution in [0.1, 0.15) is 5.56 Å². The summed E-state index contributed by atoms with van der Waals surface area (Å²) in [6.07, 6.45) is 1.02. The quantitative estimate of drug-likeness (QED) is 0.440. The number of anilines is 3. The number of halogens is 1. The lowest BCUT2D eigenvalue weighted by molar-refractivity contribution is -0.114. The van der Waals surface area contributed by atoms with Crippen LogP contribution in [0, 0.1) is 6.92 Å². The molecule has 0 spiro atoms. The Balaban J connectivity index is 1.70. The molecular weight excluding hydrogens is 530 g/mol. The maximum atomic E-state index is 12.6. The summed E-state index contributed by atoms with van der Waals surface area (Å²) in [5.74, 6) is -0.572. The molecule has 0 aromatic heterocycles. The smallest absolute Gasteiger partial charge is 0.261 e. The monoisotopic (exact) mass is 551 g/mol. The molecule has 33 heavy (non-hydrogen) atoms. The third-order valence-corrected chi connectivity index (χ3v) is 7.59. The van der Waals surface area contributed by atoms with Crippen LogP contribution >= 0.6 is 15.9 Å². The van der Waals surface area contributed by atoms with Gasteiger partial charge in [0, 0.05) is 15.8 Å². The second-order valence-corrected chi connectivity index (χ2v) is 11.8. The second-order valence-electron chi connectivity index (χ2n) is 7.29. The molecule has 11 heteroatoms. The highest BCUT2D eigenvalue weighted by Crippen LogP contribution is 2.22. The summed E-state index contributed by atoms with van der Waals surface area (Å²) in [6.45, 7) is 1.42. The molecule has 0 aliphatic rings. The van der Waals surface area contributed by atoms with Crippen LogP contribution in [-0.4, -0.2) is 35.5 Å². The molecule has 0 bridgehead atoms. The number of sulfonamides is 2. The number of benzene rings is 3. The summed E-state index contributed by atoms with van der Waals surface area (Å²) in [6, 6.07) is 19.1. The maximum Gasteiger partial charge on any atom is 0.261 e. The van der Waals surface area contributed by atoms with Gasteiger partial charge in [0.15, 0.2) is 0 Å². The van der Waals surface area contributed by atoms with Crippen molar-refractivity contribution in [3.8, 4) is 0 Å². The average Bonchev–Trinajstić information content (AvgIpc) is 2.72. The lowest BCUT2D eigenvalue weighted by Crippen LogP contribution is -2.37. The predicted molar refractivity (Wildman–Crippen MR) is 133 cm³/mol. The van der Waals surface area contributed by atoms with Gasteiger partial charge in [-0.25, -0.2) is 16.8 Å². The highest BCUT2D eigenvalue weighted by molar-refractivity contribution is 9.10. The largest absolute Gasteiger partial charge is 0.325 e. The Morgan fingerprint density at radius 3 is 2.12 bits per heavy atom. The van der Waals surface area contributed by atoms with Crippen molar-refractivity contribution in [2.45, 2.75) is 11.8 Å². The number of hydrogen-bond acceptors (Lipinski definition) is 5. The molecule has 1 amide bonds. The standard InChI is InChI=1S/C22H22BrN3O5S2/c1-16-4-3-5-19(14-16)25-33(30,31)21-12-8-18(9-13-21)24-22(27)15-26(32(2,28)29)20-10-6-17(23)7-11-20/h3-14,25H,15H2,1-2H3,(H,24,27). The molecule has 0 heterocycles. The third kappa shape index (κ3) is 6.80. The second kappa shape index (κ2) is 9.94. The van der Waals surface area contributed by atoms with E-state index >= 15 is 0 Å². The number of hydrogen-bond donors (Lipinski definition) is 2. The third-order valence-electron chi connectivity index (χ3n) is 4.52. The minimum atomic E-state index is -3.81. The minimum Gasteiger partial charge on any atom is -0.325 e. The number of nitrogens with one attached hydrogen (secondary N) is 2. The highest BCUT2D eigenvalue weighted by Gasteiger charge is 2.21. The van der Waals surface area contributed by atoms with Gasteiger partial charge >= 0.3 is 0 Å². The fourth-order valence-electron chi connectivity index (χ4n) is 2.98. The average molecular weight is 552 g/mol. The zero-order valence-corrected chi connectivity index (χ0v) is 21.0. The van der Waals surface area contributed by atoms with E-state index in [2.05, 4.69) is 26.0 Å². The molecule has 174 valence electrons. The molecule has 0 saturated carbocycles. The SMILES string of the molecule is Cc1cccc(NS(=O)(=O)c2ccc(NC(=O)CN(c3ccc(Br)cc3)S(C)(=O)=O)cc2)c1. The number of amides is 1. The van der Waals surface area contributed by atoms with Gasteiger partial charge in [-0.15, -0.1) is 0 Å². The van der Waals surface area contributed by atoms with Gasteiger partial charge in [0.05, 0.1) is 16.8 Å². The van der Waals surface area contributed by atoms with Crippen LogP contribution in [0.3, 0.4) is 0 Å². The Kier molecular flexibility index (Phi) is 7.45. The van der Waals surface area contributed by atoms with Gasteiger partial charge in [0.2, 0.25) is 15.9 Å².